The van der Waals surface area contributed by atoms with Crippen molar-refractivity contribution in [3.05, 3.63) is 82.4 Å². The van der Waals surface area contributed by atoms with Crippen molar-refractivity contribution in [2.24, 2.45) is 0 Å². The molecule has 3 aromatic carbocycles. The van der Waals surface area contributed by atoms with Crippen LogP contribution in [0.2, 0.25) is 0 Å². The van der Waals surface area contributed by atoms with Gasteiger partial charge in [-0.15, -0.1) is 0 Å². The van der Waals surface area contributed by atoms with E-state index in [0.29, 0.717) is 0 Å². The molecule has 2 heterocycles. The van der Waals surface area contributed by atoms with Gasteiger partial charge in [0.2, 0.25) is 0 Å². The summed E-state index contributed by atoms with van der Waals surface area (Å²) in [6.07, 6.45) is 6.31. The second-order valence-corrected chi connectivity index (χ2v) is 9.10. The molecule has 6 heteroatoms. The van der Waals surface area contributed by atoms with Gasteiger partial charge in [-0.2, -0.15) is 0 Å². The van der Waals surface area contributed by atoms with E-state index in [1.54, 1.807) is 35.5 Å². The lowest BCUT2D eigenvalue weighted by atomic mass is 9.80. The number of nitrogens with zero attached hydrogens (tertiary/aromatic N) is 1. The summed E-state index contributed by atoms with van der Waals surface area (Å²) >= 11 is 0. The van der Waals surface area contributed by atoms with Crippen molar-refractivity contribution in [3.63, 3.8) is 0 Å². The van der Waals surface area contributed by atoms with Crippen molar-refractivity contribution >= 4 is 6.08 Å². The molecule has 0 saturated heterocycles. The zero-order valence-electron chi connectivity index (χ0n) is 21.5. The normalized spacial score (nSPS) is 18.7. The summed E-state index contributed by atoms with van der Waals surface area (Å²) < 4.78 is 27.9. The van der Waals surface area contributed by atoms with Gasteiger partial charge in [-0.3, -0.25) is 4.90 Å². The smallest absolute Gasteiger partial charge is 0.161 e. The summed E-state index contributed by atoms with van der Waals surface area (Å²) in [7, 11) is 8.45. The highest BCUT2D eigenvalue weighted by Gasteiger charge is 2.38. The predicted molar refractivity (Wildman–Crippen MR) is 141 cm³/mol. The van der Waals surface area contributed by atoms with Crippen molar-refractivity contribution in [3.8, 4) is 28.7 Å². The maximum atomic E-state index is 5.68. The van der Waals surface area contributed by atoms with Crippen molar-refractivity contribution in [1.29, 1.82) is 0 Å². The summed E-state index contributed by atoms with van der Waals surface area (Å²) in [4.78, 5) is 2.59. The second kappa shape index (κ2) is 10.2. The maximum Gasteiger partial charge on any atom is 0.161 e. The fourth-order valence-corrected chi connectivity index (χ4v) is 5.52. The van der Waals surface area contributed by atoms with Crippen LogP contribution < -0.4 is 23.7 Å². The molecule has 2 aliphatic heterocycles. The van der Waals surface area contributed by atoms with Crippen LogP contribution in [0.4, 0.5) is 0 Å². The lowest BCUT2D eigenvalue weighted by molar-refractivity contribution is 0.133. The van der Waals surface area contributed by atoms with E-state index in [-0.39, 0.29) is 12.1 Å². The third kappa shape index (κ3) is 4.26. The molecule has 0 spiro atoms. The lowest BCUT2D eigenvalue weighted by Gasteiger charge is -2.46. The first kappa shape index (κ1) is 24.1. The van der Waals surface area contributed by atoms with Gasteiger partial charge in [-0.1, -0.05) is 24.3 Å². The van der Waals surface area contributed by atoms with Crippen LogP contribution in [0, 0.1) is 0 Å². The van der Waals surface area contributed by atoms with Crippen LogP contribution in [-0.2, 0) is 12.8 Å². The molecule has 36 heavy (non-hydrogen) atoms. The fraction of sp³-hybridized carbons (Fsp3) is 0.333. The molecule has 0 radical (unpaired) electrons. The molecule has 0 aromatic heterocycles. The molecule has 0 amide bonds. The SMILES string of the molecule is COc1ccc(/C=C/[C@@H]2c3cc(OC)c(OC)cc3C[C@@H]3c4cc(OC)c(OC)cc4CCN23)cc1. The number of benzene rings is 3. The number of ether oxygens (including phenoxy) is 5. The van der Waals surface area contributed by atoms with Gasteiger partial charge in [-0.25, -0.2) is 0 Å². The Kier molecular flexibility index (Phi) is 6.79. The molecule has 5 rings (SSSR count). The van der Waals surface area contributed by atoms with Gasteiger partial charge in [0.15, 0.2) is 23.0 Å². The van der Waals surface area contributed by atoms with Crippen LogP contribution in [0.15, 0.2) is 54.6 Å². The topological polar surface area (TPSA) is 49.4 Å². The van der Waals surface area contributed by atoms with Crippen LogP contribution in [0.3, 0.4) is 0 Å². The number of hydrogen-bond acceptors (Lipinski definition) is 6. The summed E-state index contributed by atoms with van der Waals surface area (Å²) in [5.74, 6) is 3.90. The molecule has 2 aliphatic rings. The van der Waals surface area contributed by atoms with Gasteiger partial charge in [-0.05, 0) is 77.1 Å². The first-order valence-corrected chi connectivity index (χ1v) is 12.2. The third-order valence-corrected chi connectivity index (χ3v) is 7.37. The van der Waals surface area contributed by atoms with E-state index >= 15 is 0 Å². The van der Waals surface area contributed by atoms with Crippen molar-refractivity contribution < 1.29 is 23.7 Å². The molecular weight excluding hydrogens is 454 g/mol. The fourth-order valence-electron chi connectivity index (χ4n) is 5.52. The minimum atomic E-state index is 0.0851. The van der Waals surface area contributed by atoms with Crippen LogP contribution in [0.1, 0.15) is 39.9 Å². The third-order valence-electron chi connectivity index (χ3n) is 7.37. The Morgan fingerprint density at radius 2 is 1.28 bits per heavy atom. The van der Waals surface area contributed by atoms with E-state index in [9.17, 15) is 0 Å². The molecule has 6 nitrogen and oxygen atoms in total. The number of hydrogen-bond donors (Lipinski definition) is 0. The van der Waals surface area contributed by atoms with E-state index in [1.807, 2.05) is 12.1 Å². The van der Waals surface area contributed by atoms with Crippen LogP contribution in [0.5, 0.6) is 28.7 Å². The molecule has 0 fully saturated rings. The van der Waals surface area contributed by atoms with Gasteiger partial charge in [0, 0.05) is 12.6 Å². The molecule has 0 aliphatic carbocycles. The standard InChI is InChI=1S/C30H33NO5/c1-32-22-9-6-19(7-10-22)8-11-25-24-18-30(36-5)28(34-3)16-21(24)14-26-23-17-29(35-4)27(33-2)15-20(23)12-13-31(25)26/h6-11,15-18,25-26H,12-14H2,1-5H3/b11-8+/t25-,26-/m1/s1. The Bertz CT molecular complexity index is 1270. The highest BCUT2D eigenvalue weighted by molar-refractivity contribution is 5.57. The predicted octanol–water partition coefficient (Wildman–Crippen LogP) is 5.64. The van der Waals surface area contributed by atoms with Crippen LogP contribution in [0.25, 0.3) is 6.08 Å². The van der Waals surface area contributed by atoms with Crippen LogP contribution in [-0.4, -0.2) is 47.0 Å². The van der Waals surface area contributed by atoms with E-state index in [2.05, 4.69) is 53.5 Å². The minimum Gasteiger partial charge on any atom is -0.497 e. The Morgan fingerprint density at radius 3 is 1.89 bits per heavy atom. The number of rotatable bonds is 7. The monoisotopic (exact) mass is 487 g/mol. The Balaban J connectivity index is 1.60. The zero-order chi connectivity index (χ0) is 25.2. The number of fused-ring (bicyclic) bond motifs is 4. The average molecular weight is 488 g/mol. The second-order valence-electron chi connectivity index (χ2n) is 9.10. The average Bonchev–Trinajstić information content (AvgIpc) is 2.93. The molecule has 0 unspecified atom stereocenters. The van der Waals surface area contributed by atoms with Crippen molar-refractivity contribution in [2.45, 2.75) is 24.9 Å². The maximum absolute atomic E-state index is 5.68. The lowest BCUT2D eigenvalue weighted by Crippen LogP contribution is -2.42. The van der Waals surface area contributed by atoms with E-state index in [0.717, 1.165) is 53.7 Å². The summed E-state index contributed by atoms with van der Waals surface area (Å²) in [5, 5.41) is 0. The Hall–Kier alpha value is -3.64. The Labute approximate surface area is 213 Å². The van der Waals surface area contributed by atoms with Crippen molar-refractivity contribution in [1.82, 2.24) is 4.90 Å². The van der Waals surface area contributed by atoms with Gasteiger partial charge >= 0.3 is 0 Å². The summed E-state index contributed by atoms with van der Waals surface area (Å²) in [6.45, 7) is 0.943. The van der Waals surface area contributed by atoms with E-state index in [4.69, 9.17) is 23.7 Å². The molecule has 0 N–H and O–H groups in total. The Morgan fingerprint density at radius 1 is 0.694 bits per heavy atom. The van der Waals surface area contributed by atoms with Crippen LogP contribution >= 0.6 is 0 Å². The molecule has 0 saturated carbocycles. The van der Waals surface area contributed by atoms with Gasteiger partial charge in [0.05, 0.1) is 41.6 Å². The quantitative estimate of drug-likeness (QED) is 0.430. The largest absolute Gasteiger partial charge is 0.497 e. The molecule has 2 atom stereocenters. The van der Waals surface area contributed by atoms with E-state index < -0.39 is 0 Å². The molecule has 0 bridgehead atoms. The number of methoxy groups -OCH3 is 5. The highest BCUT2D eigenvalue weighted by Crippen LogP contribution is 2.49. The van der Waals surface area contributed by atoms with Gasteiger partial charge in [0.1, 0.15) is 5.75 Å². The first-order valence-electron chi connectivity index (χ1n) is 12.2. The van der Waals surface area contributed by atoms with Gasteiger partial charge in [0.25, 0.3) is 0 Å². The van der Waals surface area contributed by atoms with E-state index in [1.165, 1.54) is 22.3 Å². The summed E-state index contributed by atoms with van der Waals surface area (Å²) in [6, 6.07) is 17.0. The zero-order valence-corrected chi connectivity index (χ0v) is 21.5. The summed E-state index contributed by atoms with van der Waals surface area (Å²) in [5.41, 5.74) is 6.25. The molecule has 3 aromatic rings. The molecule has 188 valence electrons. The highest BCUT2D eigenvalue weighted by atomic mass is 16.5. The minimum absolute atomic E-state index is 0.0851. The molecular formula is C30H33NO5. The van der Waals surface area contributed by atoms with Crippen molar-refractivity contribution in [2.75, 3.05) is 42.1 Å². The van der Waals surface area contributed by atoms with Gasteiger partial charge < -0.3 is 23.7 Å². The first-order chi connectivity index (χ1) is 17.6.